The lowest BCUT2D eigenvalue weighted by molar-refractivity contribution is -0.148. The van der Waals surface area contributed by atoms with Crippen LogP contribution in [-0.2, 0) is 16.0 Å². The number of rotatable bonds is 4. The Bertz CT molecular complexity index is 561. The molecule has 2 rings (SSSR count). The molecule has 104 valence electrons. The Hall–Kier alpha value is -1.80. The summed E-state index contributed by atoms with van der Waals surface area (Å²) in [5.74, 6) is 1.16. The molecule has 0 radical (unpaired) electrons. The molecule has 1 unspecified atom stereocenters. The molecule has 1 heterocycles. The zero-order chi connectivity index (χ0) is 14.7. The molecule has 1 amide bonds. The van der Waals surface area contributed by atoms with Crippen LogP contribution >= 0.6 is 15.9 Å². The highest BCUT2D eigenvalue weighted by molar-refractivity contribution is 9.10. The number of aliphatic carboxylic acids is 1. The number of likely N-dealkylation sites (tertiary alicyclic amines) is 1. The van der Waals surface area contributed by atoms with Crippen molar-refractivity contribution < 1.29 is 14.7 Å². The topological polar surface area (TPSA) is 57.6 Å². The maximum Gasteiger partial charge on any atom is 0.326 e. The Morgan fingerprint density at radius 3 is 2.65 bits per heavy atom. The summed E-state index contributed by atoms with van der Waals surface area (Å²) >= 11 is 3.33. The number of hydrogen-bond donors (Lipinski definition) is 1. The first-order valence-corrected chi connectivity index (χ1v) is 7.03. The molecule has 0 spiro atoms. The number of carbonyl (C=O) groups excluding carboxylic acids is 1. The average Bonchev–Trinajstić information content (AvgIpc) is 2.79. The molecule has 0 aliphatic carbocycles. The van der Waals surface area contributed by atoms with E-state index >= 15 is 0 Å². The third-order valence-electron chi connectivity index (χ3n) is 3.40. The molecule has 1 fully saturated rings. The molecule has 1 aliphatic rings. The molecule has 0 aromatic heterocycles. The van der Waals surface area contributed by atoms with Crippen molar-refractivity contribution in [2.45, 2.75) is 18.9 Å². The number of hydrogen-bond acceptors (Lipinski definition) is 2. The first-order valence-electron chi connectivity index (χ1n) is 6.24. The van der Waals surface area contributed by atoms with Crippen LogP contribution in [0.2, 0.25) is 0 Å². The highest BCUT2D eigenvalue weighted by Gasteiger charge is 2.36. The summed E-state index contributed by atoms with van der Waals surface area (Å²) in [4.78, 5) is 24.7. The van der Waals surface area contributed by atoms with Gasteiger partial charge in [-0.1, -0.05) is 28.1 Å². The molecule has 1 saturated heterocycles. The van der Waals surface area contributed by atoms with Crippen LogP contribution < -0.4 is 0 Å². The number of carboxylic acids is 1. The van der Waals surface area contributed by atoms with Gasteiger partial charge in [0, 0.05) is 29.8 Å². The highest BCUT2D eigenvalue weighted by Crippen LogP contribution is 2.22. The van der Waals surface area contributed by atoms with Gasteiger partial charge >= 0.3 is 5.97 Å². The fraction of sp³-hybridized carbons (Fsp3) is 0.333. The van der Waals surface area contributed by atoms with Gasteiger partial charge in [0.05, 0.1) is 0 Å². The summed E-state index contributed by atoms with van der Waals surface area (Å²) in [5, 5.41) is 9.37. The van der Waals surface area contributed by atoms with Gasteiger partial charge in [-0.05, 0) is 17.7 Å². The molecule has 5 heteroatoms. The lowest BCUT2D eigenvalue weighted by atomic mass is 10.0. The van der Waals surface area contributed by atoms with Crippen LogP contribution in [0.3, 0.4) is 0 Å². The molecular weight excluding hydrogens is 322 g/mol. The van der Waals surface area contributed by atoms with Crippen molar-refractivity contribution in [2.24, 2.45) is 5.92 Å². The molecular formula is C15H14BrNO3. The van der Waals surface area contributed by atoms with E-state index in [1.165, 1.54) is 4.90 Å². The van der Waals surface area contributed by atoms with Crippen molar-refractivity contribution in [1.82, 2.24) is 4.90 Å². The largest absolute Gasteiger partial charge is 0.480 e. The van der Waals surface area contributed by atoms with E-state index in [4.69, 9.17) is 6.42 Å². The van der Waals surface area contributed by atoms with Gasteiger partial charge < -0.3 is 10.0 Å². The molecule has 0 bridgehead atoms. The van der Waals surface area contributed by atoms with E-state index in [0.717, 1.165) is 10.0 Å². The Labute approximate surface area is 125 Å². The molecule has 1 aliphatic heterocycles. The standard InChI is InChI=1S/C15H14BrNO3/c1-2-10-8-14(18)17(9-10)13(15(19)20)7-11-3-5-12(16)6-4-11/h1,3-6,10,13H,7-9H2,(H,19,20)/t10?,13-/m0/s1. The zero-order valence-electron chi connectivity index (χ0n) is 10.8. The Balaban J connectivity index is 2.16. The summed E-state index contributed by atoms with van der Waals surface area (Å²) in [6.07, 6.45) is 5.84. The normalized spacial score (nSPS) is 19.7. The number of carboxylic acid groups (broad SMARTS) is 1. The fourth-order valence-corrected chi connectivity index (χ4v) is 2.58. The summed E-state index contributed by atoms with van der Waals surface area (Å²) in [7, 11) is 0. The van der Waals surface area contributed by atoms with Crippen LogP contribution in [0.15, 0.2) is 28.7 Å². The van der Waals surface area contributed by atoms with Gasteiger partial charge in [-0.2, -0.15) is 0 Å². The third kappa shape index (κ3) is 3.20. The highest BCUT2D eigenvalue weighted by atomic mass is 79.9. The van der Waals surface area contributed by atoms with E-state index in [1.54, 1.807) is 0 Å². The van der Waals surface area contributed by atoms with Crippen LogP contribution in [0, 0.1) is 18.3 Å². The second-order valence-electron chi connectivity index (χ2n) is 4.80. The zero-order valence-corrected chi connectivity index (χ0v) is 12.3. The van der Waals surface area contributed by atoms with E-state index in [9.17, 15) is 14.7 Å². The first kappa shape index (κ1) is 14.6. The molecule has 1 aromatic rings. The minimum absolute atomic E-state index is 0.183. The Kier molecular flexibility index (Phi) is 4.46. The second-order valence-corrected chi connectivity index (χ2v) is 5.71. The van der Waals surface area contributed by atoms with Gasteiger partial charge in [0.25, 0.3) is 0 Å². The number of nitrogens with zero attached hydrogens (tertiary/aromatic N) is 1. The summed E-state index contributed by atoms with van der Waals surface area (Å²) in [6, 6.07) is 6.54. The predicted octanol–water partition coefficient (Wildman–Crippen LogP) is 1.93. The molecule has 1 N–H and O–H groups in total. The SMILES string of the molecule is C#CC1CC(=O)N([C@@H](Cc2ccc(Br)cc2)C(=O)O)C1. The van der Waals surface area contributed by atoms with E-state index in [1.807, 2.05) is 24.3 Å². The van der Waals surface area contributed by atoms with Crippen LogP contribution in [0.1, 0.15) is 12.0 Å². The van der Waals surface area contributed by atoms with E-state index < -0.39 is 12.0 Å². The molecule has 0 saturated carbocycles. The first-order chi connectivity index (χ1) is 9.51. The second kappa shape index (κ2) is 6.10. The predicted molar refractivity (Wildman–Crippen MR) is 77.9 cm³/mol. The average molecular weight is 336 g/mol. The molecule has 20 heavy (non-hydrogen) atoms. The molecule has 2 atom stereocenters. The number of halogens is 1. The number of carbonyl (C=O) groups is 2. The van der Waals surface area contributed by atoms with Gasteiger partial charge in [-0.25, -0.2) is 4.79 Å². The van der Waals surface area contributed by atoms with Crippen molar-refractivity contribution in [1.29, 1.82) is 0 Å². The monoisotopic (exact) mass is 335 g/mol. The van der Waals surface area contributed by atoms with Gasteiger partial charge in [-0.3, -0.25) is 4.79 Å². The number of terminal acetylenes is 1. The van der Waals surface area contributed by atoms with E-state index in [0.29, 0.717) is 6.54 Å². The van der Waals surface area contributed by atoms with Gasteiger partial charge in [-0.15, -0.1) is 12.3 Å². The molecule has 1 aromatic carbocycles. The third-order valence-corrected chi connectivity index (χ3v) is 3.93. The minimum Gasteiger partial charge on any atom is -0.480 e. The van der Waals surface area contributed by atoms with E-state index in [2.05, 4.69) is 21.9 Å². The van der Waals surface area contributed by atoms with Crippen LogP contribution in [0.25, 0.3) is 0 Å². The van der Waals surface area contributed by atoms with Crippen molar-refractivity contribution in [3.8, 4) is 12.3 Å². The lowest BCUT2D eigenvalue weighted by Crippen LogP contribution is -2.43. The lowest BCUT2D eigenvalue weighted by Gasteiger charge is -2.24. The summed E-state index contributed by atoms with van der Waals surface area (Å²) in [5.41, 5.74) is 0.873. The molecule has 4 nitrogen and oxygen atoms in total. The summed E-state index contributed by atoms with van der Waals surface area (Å²) in [6.45, 7) is 0.322. The van der Waals surface area contributed by atoms with E-state index in [-0.39, 0.29) is 24.7 Å². The Morgan fingerprint density at radius 1 is 1.50 bits per heavy atom. The Morgan fingerprint density at radius 2 is 2.15 bits per heavy atom. The maximum absolute atomic E-state index is 11.9. The maximum atomic E-state index is 11.9. The van der Waals surface area contributed by atoms with Gasteiger partial charge in [0.1, 0.15) is 6.04 Å². The van der Waals surface area contributed by atoms with Crippen molar-refractivity contribution in [3.05, 3.63) is 34.3 Å². The van der Waals surface area contributed by atoms with Crippen LogP contribution in [-0.4, -0.2) is 34.5 Å². The minimum atomic E-state index is -1.00. The van der Waals surface area contributed by atoms with Gasteiger partial charge in [0.2, 0.25) is 5.91 Å². The smallest absolute Gasteiger partial charge is 0.326 e. The quantitative estimate of drug-likeness (QED) is 0.855. The van der Waals surface area contributed by atoms with Crippen molar-refractivity contribution >= 4 is 27.8 Å². The summed E-state index contributed by atoms with van der Waals surface area (Å²) < 4.78 is 0.928. The fourth-order valence-electron chi connectivity index (χ4n) is 2.32. The van der Waals surface area contributed by atoms with Crippen molar-refractivity contribution in [3.63, 3.8) is 0 Å². The number of benzene rings is 1. The van der Waals surface area contributed by atoms with Crippen LogP contribution in [0.5, 0.6) is 0 Å². The van der Waals surface area contributed by atoms with Crippen LogP contribution in [0.4, 0.5) is 0 Å². The van der Waals surface area contributed by atoms with Gasteiger partial charge in [0.15, 0.2) is 0 Å². The number of amides is 1. The van der Waals surface area contributed by atoms with Crippen molar-refractivity contribution in [2.75, 3.05) is 6.54 Å².